The summed E-state index contributed by atoms with van der Waals surface area (Å²) in [5, 5.41) is 6.62. The number of pyridine rings is 1. The number of unbranched alkanes of at least 4 members (excludes halogenated alkanes) is 5. The van der Waals surface area contributed by atoms with Gasteiger partial charge in [-0.1, -0.05) is 44.9 Å². The molecule has 0 saturated heterocycles. The number of anilines is 1. The maximum atomic E-state index is 12.9. The molecule has 0 unspecified atom stereocenters. The average Bonchev–Trinajstić information content (AvgIpc) is 2.78. The van der Waals surface area contributed by atoms with Gasteiger partial charge >= 0.3 is 0 Å². The number of sulfonamides is 1. The van der Waals surface area contributed by atoms with Gasteiger partial charge in [-0.2, -0.15) is 4.31 Å². The minimum atomic E-state index is -3.36. The van der Waals surface area contributed by atoms with Crippen LogP contribution in [0.4, 0.5) is 10.1 Å². The standard InChI is InChI=1S/C22H37FN4O2S2/c23-14-19-27(31(28,29)21-10-6-5-7-11-21)18-9-4-2-1-3-8-15-25-22(30)26-20-12-16-24-17-13-20/h12-13,16-17,21H,1-11,14-15,18-19H2,(H2,24,25,26,30). The van der Waals surface area contributed by atoms with Gasteiger partial charge in [-0.05, 0) is 50.0 Å². The van der Waals surface area contributed by atoms with E-state index in [-0.39, 0.29) is 11.8 Å². The van der Waals surface area contributed by atoms with Crippen LogP contribution < -0.4 is 10.6 Å². The summed E-state index contributed by atoms with van der Waals surface area (Å²) in [6.07, 6.45) is 14.0. The lowest BCUT2D eigenvalue weighted by Crippen LogP contribution is -2.41. The molecule has 1 aromatic rings. The summed E-state index contributed by atoms with van der Waals surface area (Å²) in [5.41, 5.74) is 0.916. The number of rotatable bonds is 14. The van der Waals surface area contributed by atoms with Gasteiger partial charge in [-0.25, -0.2) is 12.8 Å². The van der Waals surface area contributed by atoms with E-state index in [9.17, 15) is 12.8 Å². The molecule has 0 aliphatic heterocycles. The van der Waals surface area contributed by atoms with Crippen LogP contribution in [-0.4, -0.2) is 54.4 Å². The lowest BCUT2D eigenvalue weighted by molar-refractivity contribution is 0.338. The third kappa shape index (κ3) is 9.78. The molecule has 2 N–H and O–H groups in total. The number of aromatic nitrogens is 1. The Kier molecular flexibility index (Phi) is 12.3. The van der Waals surface area contributed by atoms with E-state index in [2.05, 4.69) is 15.6 Å². The Hall–Kier alpha value is -1.32. The maximum absolute atomic E-state index is 12.9. The van der Waals surface area contributed by atoms with Gasteiger partial charge in [0.1, 0.15) is 6.67 Å². The first-order valence-electron chi connectivity index (χ1n) is 11.5. The van der Waals surface area contributed by atoms with E-state index in [0.29, 0.717) is 11.7 Å². The first-order valence-corrected chi connectivity index (χ1v) is 13.4. The van der Waals surface area contributed by atoms with E-state index in [0.717, 1.165) is 82.9 Å². The molecule has 31 heavy (non-hydrogen) atoms. The van der Waals surface area contributed by atoms with Crippen LogP contribution in [-0.2, 0) is 10.0 Å². The van der Waals surface area contributed by atoms with Crippen molar-refractivity contribution in [3.05, 3.63) is 24.5 Å². The van der Waals surface area contributed by atoms with E-state index in [1.165, 1.54) is 4.31 Å². The van der Waals surface area contributed by atoms with E-state index in [1.54, 1.807) is 12.4 Å². The van der Waals surface area contributed by atoms with Gasteiger partial charge in [0.2, 0.25) is 10.0 Å². The number of nitrogens with zero attached hydrogens (tertiary/aromatic N) is 2. The Balaban J connectivity index is 1.53. The number of alkyl halides is 1. The highest BCUT2D eigenvalue weighted by Gasteiger charge is 2.32. The zero-order valence-electron chi connectivity index (χ0n) is 18.4. The molecule has 0 amide bonds. The maximum Gasteiger partial charge on any atom is 0.217 e. The lowest BCUT2D eigenvalue weighted by atomic mass is 10.0. The molecule has 1 aromatic heterocycles. The van der Waals surface area contributed by atoms with Crippen molar-refractivity contribution in [2.45, 2.75) is 75.9 Å². The molecular formula is C22H37FN4O2S2. The summed E-state index contributed by atoms with van der Waals surface area (Å²) in [5.74, 6) is 0. The van der Waals surface area contributed by atoms with Crippen LogP contribution in [0.15, 0.2) is 24.5 Å². The fourth-order valence-corrected chi connectivity index (χ4v) is 6.24. The molecule has 0 spiro atoms. The molecule has 0 atom stereocenters. The second-order valence-electron chi connectivity index (χ2n) is 8.13. The summed E-state index contributed by atoms with van der Waals surface area (Å²) in [6.45, 7) is 0.648. The zero-order chi connectivity index (χ0) is 22.4. The van der Waals surface area contributed by atoms with Crippen LogP contribution in [0.3, 0.4) is 0 Å². The number of hydrogen-bond acceptors (Lipinski definition) is 4. The van der Waals surface area contributed by atoms with Crippen LogP contribution in [0.2, 0.25) is 0 Å². The van der Waals surface area contributed by atoms with Crippen molar-refractivity contribution in [1.29, 1.82) is 0 Å². The highest BCUT2D eigenvalue weighted by Crippen LogP contribution is 2.26. The van der Waals surface area contributed by atoms with Gasteiger partial charge in [-0.3, -0.25) is 4.98 Å². The lowest BCUT2D eigenvalue weighted by Gasteiger charge is -2.29. The van der Waals surface area contributed by atoms with E-state index >= 15 is 0 Å². The zero-order valence-corrected chi connectivity index (χ0v) is 20.0. The Bertz CT molecular complexity index is 728. The monoisotopic (exact) mass is 472 g/mol. The number of hydrogen-bond donors (Lipinski definition) is 2. The molecule has 0 bridgehead atoms. The van der Waals surface area contributed by atoms with Crippen LogP contribution in [0.25, 0.3) is 0 Å². The molecule has 1 aliphatic rings. The highest BCUT2D eigenvalue weighted by atomic mass is 32.2. The smallest absolute Gasteiger partial charge is 0.217 e. The minimum Gasteiger partial charge on any atom is -0.362 e. The summed E-state index contributed by atoms with van der Waals surface area (Å²) < 4.78 is 40.0. The second kappa shape index (κ2) is 14.7. The average molecular weight is 473 g/mol. The number of halogens is 1. The molecule has 1 saturated carbocycles. The van der Waals surface area contributed by atoms with Crippen molar-refractivity contribution in [2.75, 3.05) is 31.6 Å². The van der Waals surface area contributed by atoms with Crippen molar-refractivity contribution in [3.63, 3.8) is 0 Å². The van der Waals surface area contributed by atoms with E-state index in [4.69, 9.17) is 12.2 Å². The third-order valence-corrected chi connectivity index (χ3v) is 8.37. The molecule has 9 heteroatoms. The predicted molar refractivity (Wildman–Crippen MR) is 130 cm³/mol. The van der Waals surface area contributed by atoms with Crippen molar-refractivity contribution in [1.82, 2.24) is 14.6 Å². The van der Waals surface area contributed by atoms with Crippen LogP contribution >= 0.6 is 12.2 Å². The molecule has 176 valence electrons. The van der Waals surface area contributed by atoms with Crippen molar-refractivity contribution < 1.29 is 12.8 Å². The van der Waals surface area contributed by atoms with E-state index < -0.39 is 16.7 Å². The topological polar surface area (TPSA) is 74.3 Å². The molecule has 2 rings (SSSR count). The first-order chi connectivity index (χ1) is 15.0. The third-order valence-electron chi connectivity index (χ3n) is 5.73. The second-order valence-corrected chi connectivity index (χ2v) is 10.8. The highest BCUT2D eigenvalue weighted by molar-refractivity contribution is 7.89. The minimum absolute atomic E-state index is 0.00204. The molecule has 0 radical (unpaired) electrons. The molecule has 0 aromatic carbocycles. The van der Waals surface area contributed by atoms with Crippen LogP contribution in [0.1, 0.15) is 70.6 Å². The van der Waals surface area contributed by atoms with Gasteiger partial charge in [-0.15, -0.1) is 0 Å². The predicted octanol–water partition coefficient (Wildman–Crippen LogP) is 4.64. The van der Waals surface area contributed by atoms with Crippen molar-refractivity contribution >= 4 is 33.0 Å². The fourth-order valence-electron chi connectivity index (χ4n) is 3.97. The van der Waals surface area contributed by atoms with E-state index in [1.807, 2.05) is 12.1 Å². The molecule has 6 nitrogen and oxygen atoms in total. The summed E-state index contributed by atoms with van der Waals surface area (Å²) in [4.78, 5) is 3.97. The largest absolute Gasteiger partial charge is 0.362 e. The Morgan fingerprint density at radius 1 is 1.03 bits per heavy atom. The summed E-state index contributed by atoms with van der Waals surface area (Å²) in [6, 6.07) is 3.73. The van der Waals surface area contributed by atoms with Crippen LogP contribution in [0.5, 0.6) is 0 Å². The normalized spacial score (nSPS) is 15.2. The van der Waals surface area contributed by atoms with Gasteiger partial charge in [0.05, 0.1) is 5.25 Å². The molecule has 1 aliphatic carbocycles. The molecular weight excluding hydrogens is 435 g/mol. The van der Waals surface area contributed by atoms with Crippen molar-refractivity contribution in [2.24, 2.45) is 0 Å². The molecule has 1 fully saturated rings. The Morgan fingerprint density at radius 3 is 2.35 bits per heavy atom. The van der Waals surface area contributed by atoms with Crippen molar-refractivity contribution in [3.8, 4) is 0 Å². The SMILES string of the molecule is O=S(=O)(C1CCCCC1)N(CCF)CCCCCCCCNC(=S)Nc1ccncc1. The van der Waals surface area contributed by atoms with Crippen LogP contribution in [0, 0.1) is 0 Å². The van der Waals surface area contributed by atoms with Gasteiger partial charge < -0.3 is 10.6 Å². The number of nitrogens with one attached hydrogen (secondary N) is 2. The molecule has 1 heterocycles. The summed E-state index contributed by atoms with van der Waals surface area (Å²) >= 11 is 5.27. The quantitative estimate of drug-likeness (QED) is 0.303. The fraction of sp³-hybridized carbons (Fsp3) is 0.727. The Morgan fingerprint density at radius 2 is 1.68 bits per heavy atom. The number of thiocarbonyl (C=S) groups is 1. The van der Waals surface area contributed by atoms with Gasteiger partial charge in [0.25, 0.3) is 0 Å². The Labute approximate surface area is 192 Å². The first kappa shape index (κ1) is 25.9. The van der Waals surface area contributed by atoms with Gasteiger partial charge in [0.15, 0.2) is 5.11 Å². The van der Waals surface area contributed by atoms with Gasteiger partial charge in [0, 0.05) is 37.7 Å². The summed E-state index contributed by atoms with van der Waals surface area (Å²) in [7, 11) is -3.36.